The highest BCUT2D eigenvalue weighted by Gasteiger charge is 2.35. The lowest BCUT2D eigenvalue weighted by atomic mass is 9.97. The molecule has 3 amide bonds. The van der Waals surface area contributed by atoms with Crippen molar-refractivity contribution in [3.8, 4) is 11.1 Å². The zero-order valence-corrected chi connectivity index (χ0v) is 18.8. The molecule has 9 nitrogen and oxygen atoms in total. The second-order valence-corrected chi connectivity index (χ2v) is 8.47. The van der Waals surface area contributed by atoms with E-state index in [1.54, 1.807) is 13.0 Å². The summed E-state index contributed by atoms with van der Waals surface area (Å²) in [5.41, 5.74) is 4.27. The molecule has 2 aromatic rings. The Bertz CT molecular complexity index is 1170. The van der Waals surface area contributed by atoms with Crippen molar-refractivity contribution >= 4 is 35.3 Å². The van der Waals surface area contributed by atoms with Gasteiger partial charge in [-0.3, -0.25) is 19.2 Å². The summed E-state index contributed by atoms with van der Waals surface area (Å²) in [6.07, 6.45) is -0.996. The molecule has 2 aromatic carbocycles. The summed E-state index contributed by atoms with van der Waals surface area (Å²) in [4.78, 5) is 64.1. The van der Waals surface area contributed by atoms with E-state index in [4.69, 9.17) is 9.57 Å². The number of fused-ring (bicyclic) bond motifs is 3. The van der Waals surface area contributed by atoms with Gasteiger partial charge in [-0.25, -0.2) is 4.79 Å². The number of amides is 3. The van der Waals surface area contributed by atoms with Crippen molar-refractivity contribution in [1.82, 2.24) is 5.06 Å². The Balaban J connectivity index is 1.51. The van der Waals surface area contributed by atoms with Gasteiger partial charge in [0.15, 0.2) is 0 Å². The molecule has 9 heteroatoms. The summed E-state index contributed by atoms with van der Waals surface area (Å²) in [5.74, 6) is -2.30. The number of ether oxygens (including phenoxy) is 1. The smallest absolute Gasteiger partial charge is 0.432 e. The van der Waals surface area contributed by atoms with Crippen LogP contribution in [0.5, 0.6) is 0 Å². The van der Waals surface area contributed by atoms with Gasteiger partial charge < -0.3 is 14.8 Å². The first-order chi connectivity index (χ1) is 16.2. The van der Waals surface area contributed by atoms with Crippen LogP contribution in [0.25, 0.3) is 11.1 Å². The van der Waals surface area contributed by atoms with Crippen LogP contribution in [-0.2, 0) is 28.8 Å². The Labute approximate surface area is 196 Å². The molecule has 1 heterocycles. The summed E-state index contributed by atoms with van der Waals surface area (Å²) in [6.45, 7) is 3.05. The van der Waals surface area contributed by atoms with Crippen LogP contribution >= 0.6 is 0 Å². The molecule has 1 fully saturated rings. The quantitative estimate of drug-likeness (QED) is 0.491. The molecular formula is C25H24N2O7. The fraction of sp³-hybridized carbons (Fsp3) is 0.320. The third-order valence-corrected chi connectivity index (χ3v) is 5.90. The number of hydrogen-bond donors (Lipinski definition) is 1. The molecule has 1 aliphatic carbocycles. The normalized spacial score (nSPS) is 17.1. The molecular weight excluding hydrogens is 440 g/mol. The van der Waals surface area contributed by atoms with Crippen molar-refractivity contribution in [2.24, 2.45) is 5.92 Å². The van der Waals surface area contributed by atoms with Crippen LogP contribution in [-0.4, -0.2) is 41.3 Å². The molecule has 2 unspecified atom stereocenters. The standard InChI is InChI=1S/C25H24N2O7/c1-14(11-15(2)28)24(31)26-16-7-8-19-17-5-3-4-6-18(17)21(20(19)12-16)13-33-25(32)34-27-22(29)9-10-23(27)30/h3-8,12,14,21H,9-11,13H2,1-2H3,(H,26,31). The zero-order chi connectivity index (χ0) is 24.4. The van der Waals surface area contributed by atoms with Crippen LogP contribution in [0, 0.1) is 5.92 Å². The van der Waals surface area contributed by atoms with E-state index in [9.17, 15) is 24.0 Å². The van der Waals surface area contributed by atoms with E-state index in [-0.39, 0.29) is 43.5 Å². The highest BCUT2D eigenvalue weighted by molar-refractivity contribution is 6.01. The molecule has 1 aliphatic heterocycles. The van der Waals surface area contributed by atoms with Crippen molar-refractivity contribution in [1.29, 1.82) is 0 Å². The average molecular weight is 464 g/mol. The van der Waals surface area contributed by atoms with Crippen LogP contribution < -0.4 is 5.32 Å². The lowest BCUT2D eigenvalue weighted by Gasteiger charge is -2.17. The van der Waals surface area contributed by atoms with Gasteiger partial charge in [-0.15, -0.1) is 0 Å². The summed E-state index contributed by atoms with van der Waals surface area (Å²) in [7, 11) is 0. The number of anilines is 1. The minimum Gasteiger partial charge on any atom is -0.432 e. The molecule has 176 valence electrons. The molecule has 2 aliphatic rings. The first-order valence-electron chi connectivity index (χ1n) is 11.0. The number of nitrogens with zero attached hydrogens (tertiary/aromatic N) is 1. The van der Waals surface area contributed by atoms with Crippen molar-refractivity contribution in [2.75, 3.05) is 11.9 Å². The number of Topliss-reactive ketones (excluding diaryl/α,β-unsaturated/α-hetero) is 1. The first-order valence-corrected chi connectivity index (χ1v) is 11.0. The maximum absolute atomic E-state index is 12.5. The molecule has 0 aromatic heterocycles. The van der Waals surface area contributed by atoms with E-state index < -0.39 is 23.9 Å². The molecule has 0 bridgehead atoms. The highest BCUT2D eigenvalue weighted by Crippen LogP contribution is 2.45. The Morgan fingerprint density at radius 1 is 1.03 bits per heavy atom. The van der Waals surface area contributed by atoms with Crippen molar-refractivity contribution in [3.05, 3.63) is 53.6 Å². The fourth-order valence-corrected chi connectivity index (χ4v) is 4.27. The molecule has 4 rings (SSSR count). The minimum atomic E-state index is -1.14. The van der Waals surface area contributed by atoms with Crippen LogP contribution in [0.15, 0.2) is 42.5 Å². The fourth-order valence-electron chi connectivity index (χ4n) is 4.27. The summed E-state index contributed by atoms with van der Waals surface area (Å²) in [5, 5.41) is 3.28. The van der Waals surface area contributed by atoms with Gasteiger partial charge in [0.2, 0.25) is 5.91 Å². The minimum absolute atomic E-state index is 0.00494. The van der Waals surface area contributed by atoms with E-state index in [1.807, 2.05) is 36.4 Å². The second kappa shape index (κ2) is 9.46. The Kier molecular flexibility index (Phi) is 6.45. The van der Waals surface area contributed by atoms with E-state index in [1.165, 1.54) is 6.92 Å². The molecule has 0 radical (unpaired) electrons. The number of carbonyl (C=O) groups excluding carboxylic acids is 5. The summed E-state index contributed by atoms with van der Waals surface area (Å²) >= 11 is 0. The molecule has 0 spiro atoms. The lowest BCUT2D eigenvalue weighted by Crippen LogP contribution is -2.32. The number of rotatable bonds is 7. The molecule has 2 atom stereocenters. The number of nitrogens with one attached hydrogen (secondary N) is 1. The number of ketones is 1. The maximum atomic E-state index is 12.5. The number of benzene rings is 2. The van der Waals surface area contributed by atoms with E-state index in [0.29, 0.717) is 10.8 Å². The van der Waals surface area contributed by atoms with Gasteiger partial charge in [0.25, 0.3) is 11.8 Å². The van der Waals surface area contributed by atoms with E-state index in [2.05, 4.69) is 5.32 Å². The first kappa shape index (κ1) is 23.2. The predicted molar refractivity (Wildman–Crippen MR) is 120 cm³/mol. The van der Waals surface area contributed by atoms with Crippen LogP contribution in [0.3, 0.4) is 0 Å². The van der Waals surface area contributed by atoms with Gasteiger partial charge in [0, 0.05) is 36.8 Å². The summed E-state index contributed by atoms with van der Waals surface area (Å²) in [6, 6.07) is 13.2. The number of imide groups is 1. The zero-order valence-electron chi connectivity index (χ0n) is 18.8. The molecule has 34 heavy (non-hydrogen) atoms. The summed E-state index contributed by atoms with van der Waals surface area (Å²) < 4.78 is 5.27. The highest BCUT2D eigenvalue weighted by atomic mass is 16.8. The Morgan fingerprint density at radius 3 is 2.41 bits per heavy atom. The SMILES string of the molecule is CC(=O)CC(C)C(=O)Nc1ccc2c(c1)C(COC(=O)ON1C(=O)CCC1=O)c1ccccc1-2. The third-order valence-electron chi connectivity index (χ3n) is 5.90. The number of carbonyl (C=O) groups is 5. The van der Waals surface area contributed by atoms with Crippen LogP contribution in [0.2, 0.25) is 0 Å². The number of hydroxylamine groups is 2. The molecule has 0 saturated carbocycles. The van der Waals surface area contributed by atoms with Crippen molar-refractivity contribution < 1.29 is 33.5 Å². The van der Waals surface area contributed by atoms with Crippen LogP contribution in [0.1, 0.15) is 50.2 Å². The van der Waals surface area contributed by atoms with Gasteiger partial charge in [0.05, 0.1) is 0 Å². The van der Waals surface area contributed by atoms with Crippen molar-refractivity contribution in [3.63, 3.8) is 0 Å². The van der Waals surface area contributed by atoms with Gasteiger partial charge in [0.1, 0.15) is 12.4 Å². The van der Waals surface area contributed by atoms with Gasteiger partial charge >= 0.3 is 6.16 Å². The third kappa shape index (κ3) is 4.68. The van der Waals surface area contributed by atoms with E-state index >= 15 is 0 Å². The van der Waals surface area contributed by atoms with Gasteiger partial charge in [-0.05, 0) is 41.3 Å². The largest absolute Gasteiger partial charge is 0.533 e. The number of hydrogen-bond acceptors (Lipinski definition) is 7. The molecule has 1 saturated heterocycles. The lowest BCUT2D eigenvalue weighted by molar-refractivity contribution is -0.177. The average Bonchev–Trinajstić information content (AvgIpc) is 3.28. The van der Waals surface area contributed by atoms with Crippen molar-refractivity contribution in [2.45, 2.75) is 39.0 Å². The maximum Gasteiger partial charge on any atom is 0.533 e. The van der Waals surface area contributed by atoms with Crippen LogP contribution in [0.4, 0.5) is 10.5 Å². The Morgan fingerprint density at radius 2 is 1.71 bits per heavy atom. The Hall–Kier alpha value is -4.01. The van der Waals surface area contributed by atoms with Gasteiger partial charge in [-0.1, -0.05) is 42.3 Å². The van der Waals surface area contributed by atoms with Gasteiger partial charge in [-0.2, -0.15) is 0 Å². The predicted octanol–water partition coefficient (Wildman–Crippen LogP) is 3.57. The monoisotopic (exact) mass is 464 g/mol. The second-order valence-electron chi connectivity index (χ2n) is 8.47. The molecule has 1 N–H and O–H groups in total. The topological polar surface area (TPSA) is 119 Å². The van der Waals surface area contributed by atoms with E-state index in [0.717, 1.165) is 22.3 Å².